The first-order valence-electron chi connectivity index (χ1n) is 9.87. The largest absolute Gasteiger partial charge is 0.330 e. The van der Waals surface area contributed by atoms with Crippen molar-refractivity contribution >= 4 is 15.9 Å². The zero-order valence-corrected chi connectivity index (χ0v) is 17.6. The summed E-state index contributed by atoms with van der Waals surface area (Å²) in [6, 6.07) is 19.9. The van der Waals surface area contributed by atoms with E-state index in [0.29, 0.717) is 10.8 Å². The van der Waals surface area contributed by atoms with E-state index in [0.717, 1.165) is 6.54 Å². The Labute approximate surface area is 166 Å². The standard InChI is InChI=1S/C23H29BrN2/c1-22-14-23(2,16-25(15-22)12-19-7-4-3-5-8-19)18-26(17-22)13-20-9-6-10-21(24)11-20/h3-11H,12-18H2,1-2H3/p+2/t22-,23+. The zero-order valence-electron chi connectivity index (χ0n) is 16.0. The molecule has 4 rings (SSSR count). The molecule has 2 heterocycles. The van der Waals surface area contributed by atoms with Crippen molar-refractivity contribution in [2.75, 3.05) is 26.2 Å². The minimum atomic E-state index is 0.455. The van der Waals surface area contributed by atoms with Gasteiger partial charge in [-0.25, -0.2) is 0 Å². The second-order valence-corrected chi connectivity index (χ2v) is 10.4. The van der Waals surface area contributed by atoms with E-state index < -0.39 is 0 Å². The first kappa shape index (κ1) is 18.2. The number of piperidine rings is 2. The monoisotopic (exact) mass is 414 g/mol. The lowest BCUT2D eigenvalue weighted by Crippen LogP contribution is -3.22. The molecule has 0 radical (unpaired) electrons. The summed E-state index contributed by atoms with van der Waals surface area (Å²) in [6.07, 6.45) is 1.39. The van der Waals surface area contributed by atoms with E-state index in [9.17, 15) is 0 Å². The minimum Gasteiger partial charge on any atom is -0.330 e. The van der Waals surface area contributed by atoms with Crippen LogP contribution in [-0.2, 0) is 13.1 Å². The van der Waals surface area contributed by atoms with Crippen molar-refractivity contribution < 1.29 is 9.80 Å². The first-order valence-corrected chi connectivity index (χ1v) is 10.7. The molecule has 2 aliphatic heterocycles. The smallest absolute Gasteiger partial charge is 0.103 e. The third-order valence-corrected chi connectivity index (χ3v) is 6.69. The van der Waals surface area contributed by atoms with Crippen LogP contribution in [0.3, 0.4) is 0 Å². The maximum absolute atomic E-state index is 3.62. The van der Waals surface area contributed by atoms with Crippen molar-refractivity contribution in [2.45, 2.75) is 33.4 Å². The predicted molar refractivity (Wildman–Crippen MR) is 110 cm³/mol. The molecule has 0 amide bonds. The lowest BCUT2D eigenvalue weighted by molar-refractivity contribution is -0.985. The fourth-order valence-corrected chi connectivity index (χ4v) is 6.46. The van der Waals surface area contributed by atoms with Gasteiger partial charge < -0.3 is 9.80 Å². The number of likely N-dealkylation sites (tertiary alicyclic amines) is 2. The van der Waals surface area contributed by atoms with Gasteiger partial charge in [-0.15, -0.1) is 0 Å². The van der Waals surface area contributed by atoms with Crippen LogP contribution in [-0.4, -0.2) is 26.2 Å². The van der Waals surface area contributed by atoms with E-state index in [2.05, 4.69) is 84.4 Å². The average Bonchev–Trinajstić information content (AvgIpc) is 2.53. The van der Waals surface area contributed by atoms with E-state index in [1.165, 1.54) is 54.7 Å². The summed E-state index contributed by atoms with van der Waals surface area (Å²) in [5, 5.41) is 0. The van der Waals surface area contributed by atoms with Crippen LogP contribution in [0.15, 0.2) is 59.1 Å². The molecule has 2 aromatic rings. The predicted octanol–water partition coefficient (Wildman–Crippen LogP) is 2.35. The number of rotatable bonds is 4. The molecule has 26 heavy (non-hydrogen) atoms. The molecule has 2 fully saturated rings. The maximum Gasteiger partial charge on any atom is 0.103 e. The topological polar surface area (TPSA) is 8.88 Å². The molecule has 0 aliphatic carbocycles. The normalized spacial score (nSPS) is 33.8. The molecule has 4 atom stereocenters. The van der Waals surface area contributed by atoms with Crippen LogP contribution in [0.5, 0.6) is 0 Å². The Morgan fingerprint density at radius 2 is 1.31 bits per heavy atom. The molecule has 0 saturated carbocycles. The number of benzene rings is 2. The molecule has 2 bridgehead atoms. The molecule has 2 saturated heterocycles. The third kappa shape index (κ3) is 4.21. The van der Waals surface area contributed by atoms with Crippen LogP contribution < -0.4 is 9.80 Å². The van der Waals surface area contributed by atoms with E-state index >= 15 is 0 Å². The summed E-state index contributed by atoms with van der Waals surface area (Å²) in [4.78, 5) is 3.53. The number of nitrogens with one attached hydrogen (secondary N) is 2. The number of halogens is 1. The molecule has 2 nitrogen and oxygen atoms in total. The summed E-state index contributed by atoms with van der Waals surface area (Å²) in [5.41, 5.74) is 3.84. The Bertz CT molecular complexity index is 742. The molecule has 138 valence electrons. The molecule has 0 aromatic heterocycles. The first-order chi connectivity index (χ1) is 12.4. The van der Waals surface area contributed by atoms with Gasteiger partial charge in [0.2, 0.25) is 0 Å². The van der Waals surface area contributed by atoms with Gasteiger partial charge in [-0.05, 0) is 32.4 Å². The second-order valence-electron chi connectivity index (χ2n) is 9.47. The Morgan fingerprint density at radius 1 is 0.769 bits per heavy atom. The van der Waals surface area contributed by atoms with E-state index in [1.54, 1.807) is 9.80 Å². The molecular formula is C23H31BrN2+2. The van der Waals surface area contributed by atoms with Gasteiger partial charge in [-0.2, -0.15) is 0 Å². The van der Waals surface area contributed by atoms with Gasteiger partial charge >= 0.3 is 0 Å². The van der Waals surface area contributed by atoms with Gasteiger partial charge in [0.05, 0.1) is 37.0 Å². The van der Waals surface area contributed by atoms with E-state index in [1.807, 2.05) is 0 Å². The SMILES string of the molecule is C[C@]12C[NH+](Cc3ccccc3)C[C@](C)(C[NH+](Cc3cccc(Br)c3)C1)C2. The Morgan fingerprint density at radius 3 is 1.88 bits per heavy atom. The van der Waals surface area contributed by atoms with Crippen molar-refractivity contribution in [3.8, 4) is 0 Å². The van der Waals surface area contributed by atoms with Gasteiger partial charge in [0.25, 0.3) is 0 Å². The third-order valence-electron chi connectivity index (χ3n) is 6.20. The molecule has 3 heteroatoms. The summed E-state index contributed by atoms with van der Waals surface area (Å²) in [6.45, 7) is 12.6. The number of hydrogen-bond donors (Lipinski definition) is 2. The Balaban J connectivity index is 1.47. The molecule has 0 spiro atoms. The number of hydrogen-bond acceptors (Lipinski definition) is 0. The van der Waals surface area contributed by atoms with Gasteiger partial charge in [0.1, 0.15) is 13.1 Å². The summed E-state index contributed by atoms with van der Waals surface area (Å²) >= 11 is 3.62. The summed E-state index contributed by atoms with van der Waals surface area (Å²) in [7, 11) is 0. The molecule has 2 unspecified atom stereocenters. The summed E-state index contributed by atoms with van der Waals surface area (Å²) < 4.78 is 1.20. The van der Waals surface area contributed by atoms with Gasteiger partial charge in [-0.1, -0.05) is 58.4 Å². The van der Waals surface area contributed by atoms with Crippen LogP contribution in [0.25, 0.3) is 0 Å². The van der Waals surface area contributed by atoms with Gasteiger partial charge in [0, 0.05) is 15.6 Å². The van der Waals surface area contributed by atoms with Crippen LogP contribution in [0, 0.1) is 10.8 Å². The Hall–Kier alpha value is -1.16. The fourth-order valence-electron chi connectivity index (χ4n) is 6.01. The maximum atomic E-state index is 3.62. The number of fused-ring (bicyclic) bond motifs is 2. The van der Waals surface area contributed by atoms with Crippen LogP contribution >= 0.6 is 15.9 Å². The lowest BCUT2D eigenvalue weighted by Gasteiger charge is -2.52. The van der Waals surface area contributed by atoms with Crippen molar-refractivity contribution in [3.05, 3.63) is 70.2 Å². The summed E-state index contributed by atoms with van der Waals surface area (Å²) in [5.74, 6) is 0. The average molecular weight is 415 g/mol. The van der Waals surface area contributed by atoms with Crippen LogP contribution in [0.4, 0.5) is 0 Å². The van der Waals surface area contributed by atoms with Crippen molar-refractivity contribution in [3.63, 3.8) is 0 Å². The van der Waals surface area contributed by atoms with Crippen molar-refractivity contribution in [2.24, 2.45) is 10.8 Å². The van der Waals surface area contributed by atoms with Crippen LogP contribution in [0.2, 0.25) is 0 Å². The zero-order chi connectivity index (χ0) is 18.2. The number of quaternary nitrogens is 2. The van der Waals surface area contributed by atoms with Crippen molar-refractivity contribution in [1.29, 1.82) is 0 Å². The van der Waals surface area contributed by atoms with Crippen LogP contribution in [0.1, 0.15) is 31.4 Å². The minimum absolute atomic E-state index is 0.455. The molecule has 2 aromatic carbocycles. The van der Waals surface area contributed by atoms with Gasteiger partial charge in [0.15, 0.2) is 0 Å². The highest BCUT2D eigenvalue weighted by molar-refractivity contribution is 9.10. The highest BCUT2D eigenvalue weighted by atomic mass is 79.9. The molecular weight excluding hydrogens is 384 g/mol. The quantitative estimate of drug-likeness (QED) is 0.759. The fraction of sp³-hybridized carbons (Fsp3) is 0.478. The Kier molecular flexibility index (Phi) is 4.98. The lowest BCUT2D eigenvalue weighted by atomic mass is 9.65. The van der Waals surface area contributed by atoms with E-state index in [4.69, 9.17) is 0 Å². The highest BCUT2D eigenvalue weighted by Gasteiger charge is 2.53. The molecule has 2 aliphatic rings. The second kappa shape index (κ2) is 7.10. The highest BCUT2D eigenvalue weighted by Crippen LogP contribution is 2.36. The molecule has 2 N–H and O–H groups in total. The van der Waals surface area contributed by atoms with E-state index in [-0.39, 0.29) is 0 Å². The van der Waals surface area contributed by atoms with Gasteiger partial charge in [-0.3, -0.25) is 0 Å². The van der Waals surface area contributed by atoms with Crippen molar-refractivity contribution in [1.82, 2.24) is 0 Å².